The number of rotatable bonds is 6. The van der Waals surface area contributed by atoms with Gasteiger partial charge >= 0.3 is 0 Å². The van der Waals surface area contributed by atoms with Gasteiger partial charge in [0.15, 0.2) is 0 Å². The molecular weight excluding hydrogens is 270 g/mol. The zero-order valence-corrected chi connectivity index (χ0v) is 13.7. The third-order valence-electron chi connectivity index (χ3n) is 3.98. The summed E-state index contributed by atoms with van der Waals surface area (Å²) in [6.45, 7) is 5.48. The largest absolute Gasteiger partial charge is 0.497 e. The molecule has 1 saturated heterocycles. The number of hydrogen-bond acceptors (Lipinski definition) is 4. The maximum Gasteiger partial charge on any atom is 0.122 e. The van der Waals surface area contributed by atoms with Crippen LogP contribution >= 0.6 is 11.8 Å². The van der Waals surface area contributed by atoms with Gasteiger partial charge in [0.05, 0.1) is 14.2 Å². The SMILES string of the molecule is CCNC(c1cc(OC)cc(OC)c1)C1(C)CCCS1. The Morgan fingerprint density at radius 2 is 1.90 bits per heavy atom. The fourth-order valence-corrected chi connectivity index (χ4v) is 4.34. The second-order valence-corrected chi connectivity index (χ2v) is 7.03. The molecule has 112 valence electrons. The Bertz CT molecular complexity index is 422. The van der Waals surface area contributed by atoms with Crippen LogP contribution in [0.1, 0.15) is 38.3 Å². The van der Waals surface area contributed by atoms with E-state index in [9.17, 15) is 0 Å². The number of thioether (sulfide) groups is 1. The highest BCUT2D eigenvalue weighted by molar-refractivity contribution is 8.00. The lowest BCUT2D eigenvalue weighted by Crippen LogP contribution is -2.37. The van der Waals surface area contributed by atoms with Crippen molar-refractivity contribution in [2.75, 3.05) is 26.5 Å². The Balaban J connectivity index is 2.37. The fourth-order valence-electron chi connectivity index (χ4n) is 2.91. The summed E-state index contributed by atoms with van der Waals surface area (Å²) in [4.78, 5) is 0. The summed E-state index contributed by atoms with van der Waals surface area (Å²) in [5, 5.41) is 3.65. The Morgan fingerprint density at radius 3 is 2.35 bits per heavy atom. The van der Waals surface area contributed by atoms with Crippen LogP contribution in [-0.2, 0) is 0 Å². The van der Waals surface area contributed by atoms with E-state index >= 15 is 0 Å². The Hall–Kier alpha value is -0.870. The van der Waals surface area contributed by atoms with Crippen LogP contribution in [0.25, 0.3) is 0 Å². The zero-order valence-electron chi connectivity index (χ0n) is 12.9. The molecule has 0 radical (unpaired) electrons. The van der Waals surface area contributed by atoms with E-state index in [-0.39, 0.29) is 4.75 Å². The van der Waals surface area contributed by atoms with Crippen LogP contribution in [0.3, 0.4) is 0 Å². The standard InChI is InChI=1S/C16H25NO2S/c1-5-17-15(16(2)7-6-8-20-16)12-9-13(18-3)11-14(10-12)19-4/h9-11,15,17H,5-8H2,1-4H3. The van der Waals surface area contributed by atoms with Gasteiger partial charge in [0.1, 0.15) is 11.5 Å². The van der Waals surface area contributed by atoms with Crippen molar-refractivity contribution in [3.05, 3.63) is 23.8 Å². The van der Waals surface area contributed by atoms with Gasteiger partial charge in [-0.25, -0.2) is 0 Å². The molecular formula is C16H25NO2S. The van der Waals surface area contributed by atoms with Gasteiger partial charge in [-0.2, -0.15) is 11.8 Å². The minimum absolute atomic E-state index is 0.243. The first kappa shape index (κ1) is 15.5. The minimum Gasteiger partial charge on any atom is -0.497 e. The van der Waals surface area contributed by atoms with Crippen molar-refractivity contribution < 1.29 is 9.47 Å². The summed E-state index contributed by atoms with van der Waals surface area (Å²) >= 11 is 2.07. The lowest BCUT2D eigenvalue weighted by Gasteiger charge is -2.34. The van der Waals surface area contributed by atoms with Crippen LogP contribution in [0.4, 0.5) is 0 Å². The van der Waals surface area contributed by atoms with E-state index in [0.29, 0.717) is 6.04 Å². The molecule has 20 heavy (non-hydrogen) atoms. The molecule has 2 rings (SSSR count). The van der Waals surface area contributed by atoms with Gasteiger partial charge < -0.3 is 14.8 Å². The molecule has 1 aromatic rings. The normalized spacial score (nSPS) is 23.6. The summed E-state index contributed by atoms with van der Waals surface area (Å²) in [7, 11) is 3.40. The Morgan fingerprint density at radius 1 is 1.25 bits per heavy atom. The molecule has 1 aromatic carbocycles. The van der Waals surface area contributed by atoms with Crippen LogP contribution in [-0.4, -0.2) is 31.3 Å². The predicted molar refractivity (Wildman–Crippen MR) is 86.1 cm³/mol. The molecule has 1 aliphatic rings. The van der Waals surface area contributed by atoms with Crippen molar-refractivity contribution in [2.45, 2.75) is 37.5 Å². The van der Waals surface area contributed by atoms with Crippen LogP contribution in [0.15, 0.2) is 18.2 Å². The molecule has 0 aromatic heterocycles. The first-order chi connectivity index (χ1) is 9.62. The second-order valence-electron chi connectivity index (χ2n) is 5.40. The molecule has 3 nitrogen and oxygen atoms in total. The van der Waals surface area contributed by atoms with Crippen molar-refractivity contribution in [1.82, 2.24) is 5.32 Å². The number of benzene rings is 1. The second kappa shape index (κ2) is 6.72. The van der Waals surface area contributed by atoms with E-state index in [1.165, 1.54) is 24.2 Å². The van der Waals surface area contributed by atoms with Gasteiger partial charge in [-0.15, -0.1) is 0 Å². The zero-order chi connectivity index (χ0) is 14.6. The first-order valence-electron chi connectivity index (χ1n) is 7.23. The lowest BCUT2D eigenvalue weighted by molar-refractivity contribution is 0.384. The van der Waals surface area contributed by atoms with Gasteiger partial charge in [0.2, 0.25) is 0 Å². The predicted octanol–water partition coefficient (Wildman–Crippen LogP) is 3.64. The van der Waals surface area contributed by atoms with Crippen molar-refractivity contribution in [1.29, 1.82) is 0 Å². The van der Waals surface area contributed by atoms with Crippen LogP contribution in [0.5, 0.6) is 11.5 Å². The minimum atomic E-state index is 0.243. The molecule has 1 aliphatic heterocycles. The van der Waals surface area contributed by atoms with E-state index in [1.807, 2.05) is 6.07 Å². The van der Waals surface area contributed by atoms with Crippen LogP contribution in [0, 0.1) is 0 Å². The van der Waals surface area contributed by atoms with Crippen molar-refractivity contribution in [2.24, 2.45) is 0 Å². The monoisotopic (exact) mass is 295 g/mol. The molecule has 0 spiro atoms. The number of hydrogen-bond donors (Lipinski definition) is 1. The van der Waals surface area contributed by atoms with Crippen LogP contribution < -0.4 is 14.8 Å². The molecule has 2 atom stereocenters. The molecule has 0 aliphatic carbocycles. The Labute approximate surface area is 126 Å². The smallest absolute Gasteiger partial charge is 0.122 e. The van der Waals surface area contributed by atoms with Gasteiger partial charge in [-0.3, -0.25) is 0 Å². The van der Waals surface area contributed by atoms with Gasteiger partial charge in [-0.05, 0) is 49.8 Å². The summed E-state index contributed by atoms with van der Waals surface area (Å²) in [6.07, 6.45) is 2.54. The molecule has 4 heteroatoms. The maximum atomic E-state index is 5.41. The third-order valence-corrected chi connectivity index (χ3v) is 5.57. The number of ether oxygens (including phenoxy) is 2. The van der Waals surface area contributed by atoms with Crippen LogP contribution in [0.2, 0.25) is 0 Å². The summed E-state index contributed by atoms with van der Waals surface area (Å²) in [5.41, 5.74) is 1.25. The van der Waals surface area contributed by atoms with Crippen molar-refractivity contribution >= 4 is 11.8 Å². The Kier molecular flexibility index (Phi) is 5.22. The molecule has 1 heterocycles. The molecule has 2 unspecified atom stereocenters. The summed E-state index contributed by atoms with van der Waals surface area (Å²) in [6, 6.07) is 6.50. The number of methoxy groups -OCH3 is 2. The molecule has 0 saturated carbocycles. The van der Waals surface area contributed by atoms with E-state index in [1.54, 1.807) is 14.2 Å². The van der Waals surface area contributed by atoms with Gasteiger partial charge in [0, 0.05) is 16.9 Å². The van der Waals surface area contributed by atoms with E-state index in [0.717, 1.165) is 18.0 Å². The third kappa shape index (κ3) is 3.23. The quantitative estimate of drug-likeness (QED) is 0.868. The molecule has 1 fully saturated rings. The number of nitrogens with one attached hydrogen (secondary N) is 1. The van der Waals surface area contributed by atoms with Gasteiger partial charge in [0.25, 0.3) is 0 Å². The lowest BCUT2D eigenvalue weighted by atomic mass is 9.90. The highest BCUT2D eigenvalue weighted by Crippen LogP contribution is 2.47. The highest BCUT2D eigenvalue weighted by Gasteiger charge is 2.38. The van der Waals surface area contributed by atoms with E-state index in [2.05, 4.69) is 43.1 Å². The molecule has 1 N–H and O–H groups in total. The highest BCUT2D eigenvalue weighted by atomic mass is 32.2. The van der Waals surface area contributed by atoms with E-state index in [4.69, 9.17) is 9.47 Å². The summed E-state index contributed by atoms with van der Waals surface area (Å²) in [5.74, 6) is 2.96. The van der Waals surface area contributed by atoms with Crippen molar-refractivity contribution in [3.63, 3.8) is 0 Å². The van der Waals surface area contributed by atoms with E-state index < -0.39 is 0 Å². The maximum absolute atomic E-state index is 5.41. The molecule has 0 amide bonds. The fraction of sp³-hybridized carbons (Fsp3) is 0.625. The average Bonchev–Trinajstić information content (AvgIpc) is 2.91. The first-order valence-corrected chi connectivity index (χ1v) is 8.22. The van der Waals surface area contributed by atoms with Crippen molar-refractivity contribution in [3.8, 4) is 11.5 Å². The van der Waals surface area contributed by atoms with Gasteiger partial charge in [-0.1, -0.05) is 6.92 Å². The average molecular weight is 295 g/mol. The summed E-state index contributed by atoms with van der Waals surface area (Å²) < 4.78 is 11.1. The molecule has 0 bridgehead atoms. The topological polar surface area (TPSA) is 30.5 Å².